The molecule has 0 radical (unpaired) electrons. The fraction of sp³-hybridized carbons (Fsp3) is 0.250. The van der Waals surface area contributed by atoms with Crippen LogP contribution in [0.25, 0.3) is 10.8 Å². The molecule has 1 amide bonds. The third-order valence-electron chi connectivity index (χ3n) is 4.66. The number of carbonyl (C=O) groups excluding carboxylic acids is 2. The average Bonchev–Trinajstić information content (AvgIpc) is 2.74. The van der Waals surface area contributed by atoms with E-state index in [4.69, 9.17) is 9.47 Å². The van der Waals surface area contributed by atoms with Crippen LogP contribution in [0.5, 0.6) is 0 Å². The van der Waals surface area contributed by atoms with Crippen molar-refractivity contribution in [3.05, 3.63) is 83.9 Å². The third kappa shape index (κ3) is 5.57. The van der Waals surface area contributed by atoms with Crippen LogP contribution in [0, 0.1) is 5.92 Å². The van der Waals surface area contributed by atoms with E-state index < -0.39 is 18.1 Å². The Bertz CT molecular complexity index is 964. The van der Waals surface area contributed by atoms with E-state index in [0.29, 0.717) is 0 Å². The lowest BCUT2D eigenvalue weighted by Crippen LogP contribution is -2.45. The van der Waals surface area contributed by atoms with E-state index in [2.05, 4.69) is 5.32 Å². The number of nitrogens with one attached hydrogen (secondary N) is 1. The molecule has 0 aliphatic carbocycles. The first-order valence-electron chi connectivity index (χ1n) is 9.65. The molecule has 3 aromatic rings. The summed E-state index contributed by atoms with van der Waals surface area (Å²) in [6.45, 7) is 3.98. The van der Waals surface area contributed by atoms with E-state index in [-0.39, 0.29) is 19.1 Å². The number of alkyl carbamates (subject to hydrolysis) is 1. The van der Waals surface area contributed by atoms with Crippen LogP contribution >= 0.6 is 0 Å². The Hall–Kier alpha value is -3.34. The quantitative estimate of drug-likeness (QED) is 0.586. The molecular formula is C24H25NO4. The molecule has 0 aromatic heterocycles. The van der Waals surface area contributed by atoms with Crippen molar-refractivity contribution in [2.24, 2.45) is 5.92 Å². The summed E-state index contributed by atoms with van der Waals surface area (Å²) in [5.74, 6) is -0.621. The second kappa shape index (κ2) is 9.73. The zero-order chi connectivity index (χ0) is 20.6. The Morgan fingerprint density at radius 2 is 1.52 bits per heavy atom. The lowest BCUT2D eigenvalue weighted by atomic mass is 10.0. The maximum absolute atomic E-state index is 12.6. The highest BCUT2D eigenvalue weighted by Crippen LogP contribution is 2.19. The van der Waals surface area contributed by atoms with E-state index in [1.165, 1.54) is 0 Å². The number of esters is 1. The number of amides is 1. The molecule has 3 rings (SSSR count). The first kappa shape index (κ1) is 20.4. The number of fused-ring (bicyclic) bond motifs is 1. The highest BCUT2D eigenvalue weighted by Gasteiger charge is 2.26. The fourth-order valence-electron chi connectivity index (χ4n) is 3.05. The van der Waals surface area contributed by atoms with Crippen molar-refractivity contribution in [2.75, 3.05) is 0 Å². The second-order valence-electron chi connectivity index (χ2n) is 7.17. The Kier molecular flexibility index (Phi) is 6.85. The number of hydrogen-bond acceptors (Lipinski definition) is 4. The van der Waals surface area contributed by atoms with Crippen LogP contribution in [0.4, 0.5) is 4.79 Å². The lowest BCUT2D eigenvalue weighted by molar-refractivity contribution is -0.148. The standard InChI is InChI=1S/C24H25NO4/c1-17(2)22(25-24(27)29-15-18-9-4-3-5-10-18)23(26)28-16-20-13-8-12-19-11-6-7-14-21(19)20/h3-14,17,22H,15-16H2,1-2H3,(H,25,27)/t22-/m0/s1. The molecule has 0 saturated heterocycles. The van der Waals surface area contributed by atoms with Crippen LogP contribution in [-0.4, -0.2) is 18.1 Å². The second-order valence-corrected chi connectivity index (χ2v) is 7.17. The van der Waals surface area contributed by atoms with Gasteiger partial charge in [-0.1, -0.05) is 86.6 Å². The molecule has 5 heteroatoms. The predicted octanol–water partition coefficient (Wildman–Crippen LogP) is 4.83. The average molecular weight is 391 g/mol. The van der Waals surface area contributed by atoms with Crippen LogP contribution in [0.3, 0.4) is 0 Å². The monoisotopic (exact) mass is 391 g/mol. The summed E-state index contributed by atoms with van der Waals surface area (Å²) >= 11 is 0. The minimum absolute atomic E-state index is 0.140. The number of hydrogen-bond donors (Lipinski definition) is 1. The summed E-state index contributed by atoms with van der Waals surface area (Å²) in [7, 11) is 0. The Morgan fingerprint density at radius 3 is 2.28 bits per heavy atom. The number of rotatable bonds is 7. The molecule has 0 fully saturated rings. The van der Waals surface area contributed by atoms with Gasteiger partial charge in [0.2, 0.25) is 0 Å². The van der Waals surface area contributed by atoms with Gasteiger partial charge in [-0.15, -0.1) is 0 Å². The van der Waals surface area contributed by atoms with Gasteiger partial charge in [-0.3, -0.25) is 0 Å². The maximum atomic E-state index is 12.6. The van der Waals surface area contributed by atoms with Crippen molar-refractivity contribution >= 4 is 22.8 Å². The first-order valence-corrected chi connectivity index (χ1v) is 9.65. The van der Waals surface area contributed by atoms with Gasteiger partial charge in [-0.25, -0.2) is 9.59 Å². The van der Waals surface area contributed by atoms with E-state index in [1.54, 1.807) is 0 Å². The molecule has 0 saturated carbocycles. The summed E-state index contributed by atoms with van der Waals surface area (Å²) in [6.07, 6.45) is -0.644. The molecule has 0 aliphatic rings. The van der Waals surface area contributed by atoms with Crippen LogP contribution in [-0.2, 0) is 27.5 Å². The molecule has 5 nitrogen and oxygen atoms in total. The molecule has 0 heterocycles. The van der Waals surface area contributed by atoms with E-state index in [1.807, 2.05) is 86.6 Å². The van der Waals surface area contributed by atoms with Gasteiger partial charge in [0.15, 0.2) is 0 Å². The molecule has 1 N–H and O–H groups in total. The van der Waals surface area contributed by atoms with Gasteiger partial charge in [-0.2, -0.15) is 0 Å². The smallest absolute Gasteiger partial charge is 0.408 e. The summed E-state index contributed by atoms with van der Waals surface area (Å²) in [5, 5.41) is 4.75. The summed E-state index contributed by atoms with van der Waals surface area (Å²) in [6, 6.07) is 22.4. The molecule has 0 spiro atoms. The highest BCUT2D eigenvalue weighted by atomic mass is 16.6. The van der Waals surface area contributed by atoms with Gasteiger partial charge in [0.05, 0.1) is 0 Å². The molecule has 150 valence electrons. The zero-order valence-electron chi connectivity index (χ0n) is 16.6. The lowest BCUT2D eigenvalue weighted by Gasteiger charge is -2.21. The first-order chi connectivity index (χ1) is 14.0. The summed E-state index contributed by atoms with van der Waals surface area (Å²) < 4.78 is 10.7. The summed E-state index contributed by atoms with van der Waals surface area (Å²) in [4.78, 5) is 24.8. The van der Waals surface area contributed by atoms with Crippen molar-refractivity contribution < 1.29 is 19.1 Å². The van der Waals surface area contributed by atoms with Gasteiger partial charge in [-0.05, 0) is 27.8 Å². The number of carbonyl (C=O) groups is 2. The molecule has 0 unspecified atom stereocenters. The Balaban J connectivity index is 1.58. The Labute approximate surface area is 170 Å². The van der Waals surface area contributed by atoms with Crippen LogP contribution < -0.4 is 5.32 Å². The maximum Gasteiger partial charge on any atom is 0.408 e. The van der Waals surface area contributed by atoms with Crippen LogP contribution in [0.1, 0.15) is 25.0 Å². The minimum Gasteiger partial charge on any atom is -0.459 e. The van der Waals surface area contributed by atoms with Crippen molar-refractivity contribution in [2.45, 2.75) is 33.1 Å². The van der Waals surface area contributed by atoms with Gasteiger partial charge in [0.1, 0.15) is 19.3 Å². The van der Waals surface area contributed by atoms with Crippen LogP contribution in [0.15, 0.2) is 72.8 Å². The Morgan fingerprint density at radius 1 is 0.828 bits per heavy atom. The normalized spacial score (nSPS) is 11.8. The zero-order valence-corrected chi connectivity index (χ0v) is 16.6. The van der Waals surface area contributed by atoms with E-state index in [9.17, 15) is 9.59 Å². The third-order valence-corrected chi connectivity index (χ3v) is 4.66. The van der Waals surface area contributed by atoms with Crippen LogP contribution in [0.2, 0.25) is 0 Å². The van der Waals surface area contributed by atoms with Gasteiger partial charge in [0.25, 0.3) is 0 Å². The van der Waals surface area contributed by atoms with E-state index in [0.717, 1.165) is 21.9 Å². The highest BCUT2D eigenvalue weighted by molar-refractivity contribution is 5.86. The molecule has 0 bridgehead atoms. The minimum atomic E-state index is -0.784. The van der Waals surface area contributed by atoms with Gasteiger partial charge in [0, 0.05) is 0 Å². The number of benzene rings is 3. The van der Waals surface area contributed by atoms with Crippen molar-refractivity contribution in [1.82, 2.24) is 5.32 Å². The molecule has 3 aromatic carbocycles. The fourth-order valence-corrected chi connectivity index (χ4v) is 3.05. The number of ether oxygens (including phenoxy) is 2. The van der Waals surface area contributed by atoms with Crippen molar-refractivity contribution in [3.8, 4) is 0 Å². The van der Waals surface area contributed by atoms with Crippen molar-refractivity contribution in [1.29, 1.82) is 0 Å². The topological polar surface area (TPSA) is 64.6 Å². The SMILES string of the molecule is CC(C)[C@H](NC(=O)OCc1ccccc1)C(=O)OCc1cccc2ccccc12. The van der Waals surface area contributed by atoms with E-state index >= 15 is 0 Å². The molecule has 1 atom stereocenters. The van der Waals surface area contributed by atoms with Crippen molar-refractivity contribution in [3.63, 3.8) is 0 Å². The predicted molar refractivity (Wildman–Crippen MR) is 112 cm³/mol. The van der Waals surface area contributed by atoms with Gasteiger partial charge < -0.3 is 14.8 Å². The molecule has 29 heavy (non-hydrogen) atoms. The van der Waals surface area contributed by atoms with Gasteiger partial charge >= 0.3 is 12.1 Å². The molecular weight excluding hydrogens is 366 g/mol. The largest absolute Gasteiger partial charge is 0.459 e. The molecule has 0 aliphatic heterocycles. The summed E-state index contributed by atoms with van der Waals surface area (Å²) in [5.41, 5.74) is 1.80.